The predicted molar refractivity (Wildman–Crippen MR) is 73.4 cm³/mol. The fourth-order valence-corrected chi connectivity index (χ4v) is 4.79. The Labute approximate surface area is 118 Å². The van der Waals surface area contributed by atoms with Crippen LogP contribution in [0.5, 0.6) is 0 Å². The van der Waals surface area contributed by atoms with Gasteiger partial charge in [0.15, 0.2) is 5.03 Å². The molecule has 1 aliphatic heterocycles. The molecule has 2 fully saturated rings. The van der Waals surface area contributed by atoms with Crippen LogP contribution in [-0.2, 0) is 15.9 Å². The summed E-state index contributed by atoms with van der Waals surface area (Å²) >= 11 is 5.69. The van der Waals surface area contributed by atoms with Gasteiger partial charge in [-0.3, -0.25) is 0 Å². The fraction of sp³-hybridized carbons (Fsp3) is 0.615. The number of pyridine rings is 1. The van der Waals surface area contributed by atoms with E-state index in [-0.39, 0.29) is 5.03 Å². The molecule has 0 N–H and O–H groups in total. The third kappa shape index (κ3) is 2.39. The van der Waals surface area contributed by atoms with Crippen molar-refractivity contribution in [3.05, 3.63) is 23.9 Å². The lowest BCUT2D eigenvalue weighted by Crippen LogP contribution is -2.30. The molecular weight excluding hydrogens is 284 g/mol. The third-order valence-corrected chi connectivity index (χ3v) is 6.31. The maximum atomic E-state index is 12.5. The van der Waals surface area contributed by atoms with Gasteiger partial charge in [0, 0.05) is 25.2 Å². The minimum absolute atomic E-state index is 0.140. The summed E-state index contributed by atoms with van der Waals surface area (Å²) in [6.07, 6.45) is 5.10. The first-order valence-corrected chi connectivity index (χ1v) is 8.60. The van der Waals surface area contributed by atoms with Crippen molar-refractivity contribution >= 4 is 21.6 Å². The van der Waals surface area contributed by atoms with Gasteiger partial charge in [0.1, 0.15) is 0 Å². The zero-order chi connectivity index (χ0) is 13.5. The van der Waals surface area contributed by atoms with Crippen LogP contribution in [0.15, 0.2) is 23.4 Å². The molecule has 4 nitrogen and oxygen atoms in total. The Morgan fingerprint density at radius 2 is 1.95 bits per heavy atom. The number of hydrogen-bond acceptors (Lipinski definition) is 3. The molecule has 0 bridgehead atoms. The minimum atomic E-state index is -3.43. The van der Waals surface area contributed by atoms with E-state index in [0.717, 1.165) is 18.4 Å². The Balaban J connectivity index is 1.82. The average molecular weight is 301 g/mol. The molecule has 6 heteroatoms. The summed E-state index contributed by atoms with van der Waals surface area (Å²) in [6, 6.07) is 3.28. The maximum Gasteiger partial charge on any atom is 0.260 e. The average Bonchev–Trinajstić information content (AvgIpc) is 2.99. The van der Waals surface area contributed by atoms with Crippen molar-refractivity contribution in [2.24, 2.45) is 11.8 Å². The maximum absolute atomic E-state index is 12.5. The molecular formula is C13H17ClN2O2S. The Bertz CT molecular complexity index is 547. The fourth-order valence-electron chi connectivity index (χ4n) is 3.16. The summed E-state index contributed by atoms with van der Waals surface area (Å²) in [5, 5.41) is 0.140. The second kappa shape index (κ2) is 5.04. The highest BCUT2D eigenvalue weighted by molar-refractivity contribution is 7.89. The highest BCUT2D eigenvalue weighted by Gasteiger charge is 2.41. The molecule has 2 unspecified atom stereocenters. The Hall–Kier alpha value is -0.650. The molecule has 2 heterocycles. The number of alkyl halides is 1. The molecule has 0 radical (unpaired) electrons. The molecule has 1 aliphatic carbocycles. The minimum Gasteiger partial charge on any atom is -0.243 e. The number of hydrogen-bond donors (Lipinski definition) is 0. The summed E-state index contributed by atoms with van der Waals surface area (Å²) in [5.74, 6) is 1.45. The third-order valence-electron chi connectivity index (χ3n) is 4.25. The standard InChI is InChI=1S/C13H17ClN2O2S/c14-6-10-4-5-13(15-7-10)19(17,18)16-8-11-2-1-3-12(11)9-16/h4-5,7,11-12H,1-3,6,8-9H2. The number of sulfonamides is 1. The molecule has 19 heavy (non-hydrogen) atoms. The largest absolute Gasteiger partial charge is 0.260 e. The number of halogens is 1. The van der Waals surface area contributed by atoms with Gasteiger partial charge >= 0.3 is 0 Å². The van der Waals surface area contributed by atoms with Crippen molar-refractivity contribution in [1.82, 2.24) is 9.29 Å². The molecule has 2 atom stereocenters. The molecule has 0 amide bonds. The monoisotopic (exact) mass is 300 g/mol. The summed E-state index contributed by atoms with van der Waals surface area (Å²) < 4.78 is 26.6. The second-order valence-corrected chi connectivity index (χ2v) is 7.56. The Kier molecular flexibility index (Phi) is 3.53. The van der Waals surface area contributed by atoms with Crippen LogP contribution in [0.4, 0.5) is 0 Å². The second-order valence-electron chi connectivity index (χ2n) is 5.41. The Morgan fingerprint density at radius 1 is 1.26 bits per heavy atom. The molecule has 1 aromatic rings. The van der Waals surface area contributed by atoms with E-state index in [0.29, 0.717) is 30.8 Å². The highest BCUT2D eigenvalue weighted by Crippen LogP contribution is 2.39. The topological polar surface area (TPSA) is 50.3 Å². The van der Waals surface area contributed by atoms with E-state index in [1.165, 1.54) is 12.6 Å². The van der Waals surface area contributed by atoms with Gasteiger partial charge in [0.05, 0.1) is 0 Å². The molecule has 104 valence electrons. The molecule has 1 saturated carbocycles. The van der Waals surface area contributed by atoms with Crippen molar-refractivity contribution in [3.8, 4) is 0 Å². The van der Waals surface area contributed by atoms with Crippen LogP contribution in [0.2, 0.25) is 0 Å². The zero-order valence-corrected chi connectivity index (χ0v) is 12.2. The van der Waals surface area contributed by atoms with E-state index in [9.17, 15) is 8.42 Å². The van der Waals surface area contributed by atoms with Gasteiger partial charge in [0.2, 0.25) is 0 Å². The van der Waals surface area contributed by atoms with E-state index in [1.807, 2.05) is 0 Å². The molecule has 3 rings (SSSR count). The zero-order valence-electron chi connectivity index (χ0n) is 10.6. The summed E-state index contributed by atoms with van der Waals surface area (Å²) in [4.78, 5) is 4.05. The molecule has 0 aromatic carbocycles. The van der Waals surface area contributed by atoms with Crippen LogP contribution in [0, 0.1) is 11.8 Å². The Morgan fingerprint density at radius 3 is 2.47 bits per heavy atom. The van der Waals surface area contributed by atoms with E-state index in [2.05, 4.69) is 4.98 Å². The van der Waals surface area contributed by atoms with Crippen LogP contribution in [-0.4, -0.2) is 30.8 Å². The van der Waals surface area contributed by atoms with E-state index in [1.54, 1.807) is 16.4 Å². The number of aromatic nitrogens is 1. The van der Waals surface area contributed by atoms with Gasteiger partial charge in [-0.25, -0.2) is 13.4 Å². The number of nitrogens with zero attached hydrogens (tertiary/aromatic N) is 2. The number of rotatable bonds is 3. The quantitative estimate of drug-likeness (QED) is 0.805. The van der Waals surface area contributed by atoms with Crippen molar-refractivity contribution in [2.45, 2.75) is 30.2 Å². The van der Waals surface area contributed by atoms with Crippen LogP contribution < -0.4 is 0 Å². The van der Waals surface area contributed by atoms with Gasteiger partial charge in [0.25, 0.3) is 10.0 Å². The normalized spacial score (nSPS) is 27.6. The van der Waals surface area contributed by atoms with Crippen LogP contribution in [0.1, 0.15) is 24.8 Å². The molecule has 0 spiro atoms. The smallest absolute Gasteiger partial charge is 0.243 e. The lowest BCUT2D eigenvalue weighted by molar-refractivity contribution is 0.443. The summed E-state index contributed by atoms with van der Waals surface area (Å²) in [6.45, 7) is 1.32. The van der Waals surface area contributed by atoms with Crippen molar-refractivity contribution in [3.63, 3.8) is 0 Å². The van der Waals surface area contributed by atoms with Crippen LogP contribution in [0.3, 0.4) is 0 Å². The molecule has 1 aromatic heterocycles. The van der Waals surface area contributed by atoms with Crippen molar-refractivity contribution < 1.29 is 8.42 Å². The first kappa shape index (κ1) is 13.3. The van der Waals surface area contributed by atoms with E-state index < -0.39 is 10.0 Å². The van der Waals surface area contributed by atoms with Crippen molar-refractivity contribution in [2.75, 3.05) is 13.1 Å². The first-order valence-electron chi connectivity index (χ1n) is 6.62. The predicted octanol–water partition coefficient (Wildman–Crippen LogP) is 2.24. The number of fused-ring (bicyclic) bond motifs is 1. The van der Waals surface area contributed by atoms with Gasteiger partial charge in [-0.2, -0.15) is 4.31 Å². The highest BCUT2D eigenvalue weighted by atomic mass is 35.5. The first-order chi connectivity index (χ1) is 9.11. The van der Waals surface area contributed by atoms with Gasteiger partial charge in [-0.1, -0.05) is 12.5 Å². The van der Waals surface area contributed by atoms with E-state index in [4.69, 9.17) is 11.6 Å². The molecule has 1 saturated heterocycles. The SMILES string of the molecule is O=S(=O)(c1ccc(CCl)cn1)N1CC2CCCC2C1. The van der Waals surface area contributed by atoms with Crippen molar-refractivity contribution in [1.29, 1.82) is 0 Å². The van der Waals surface area contributed by atoms with E-state index >= 15 is 0 Å². The lowest BCUT2D eigenvalue weighted by atomic mass is 10.0. The summed E-state index contributed by atoms with van der Waals surface area (Å²) in [5.41, 5.74) is 0.832. The molecule has 2 aliphatic rings. The summed E-state index contributed by atoms with van der Waals surface area (Å²) in [7, 11) is -3.43. The van der Waals surface area contributed by atoms with Crippen LogP contribution >= 0.6 is 11.6 Å². The van der Waals surface area contributed by atoms with Gasteiger partial charge in [-0.15, -0.1) is 11.6 Å². The van der Waals surface area contributed by atoms with Gasteiger partial charge < -0.3 is 0 Å². The van der Waals surface area contributed by atoms with Crippen LogP contribution in [0.25, 0.3) is 0 Å². The van der Waals surface area contributed by atoms with Gasteiger partial charge in [-0.05, 0) is 36.3 Å². The lowest BCUT2D eigenvalue weighted by Gasteiger charge is -2.16.